The van der Waals surface area contributed by atoms with Crippen molar-refractivity contribution in [3.8, 4) is 28.7 Å². The topological polar surface area (TPSA) is 89.2 Å². The van der Waals surface area contributed by atoms with E-state index in [9.17, 15) is 4.79 Å². The van der Waals surface area contributed by atoms with Gasteiger partial charge < -0.3 is 28.8 Å². The highest BCUT2D eigenvalue weighted by molar-refractivity contribution is 5.97. The summed E-state index contributed by atoms with van der Waals surface area (Å²) >= 11 is 0. The van der Waals surface area contributed by atoms with Gasteiger partial charge in [0, 0.05) is 49.4 Å². The molecule has 1 saturated heterocycles. The van der Waals surface area contributed by atoms with Crippen LogP contribution in [-0.2, 0) is 6.42 Å². The van der Waals surface area contributed by atoms with Crippen LogP contribution >= 0.6 is 0 Å². The van der Waals surface area contributed by atoms with Gasteiger partial charge in [-0.25, -0.2) is 9.37 Å². The number of H-pyrrole nitrogens is 1. The summed E-state index contributed by atoms with van der Waals surface area (Å²) in [6, 6.07) is 20.8. The summed E-state index contributed by atoms with van der Waals surface area (Å²) in [5.74, 6) is 2.91. The Labute approximate surface area is 346 Å². The molecule has 0 radical (unpaired) electrons. The number of nitrogens with one attached hydrogen (secondary N) is 1. The molecule has 3 aromatic carbocycles. The Morgan fingerprint density at radius 1 is 0.983 bits per heavy atom. The summed E-state index contributed by atoms with van der Waals surface area (Å²) in [4.78, 5) is 25.1. The van der Waals surface area contributed by atoms with Crippen molar-refractivity contribution in [2.75, 3.05) is 44.9 Å². The number of anilines is 1. The van der Waals surface area contributed by atoms with Crippen LogP contribution in [0.2, 0.25) is 0 Å². The Morgan fingerprint density at radius 2 is 1.78 bits per heavy atom. The maximum atomic E-state index is 15.8. The van der Waals surface area contributed by atoms with Gasteiger partial charge in [-0.2, -0.15) is 0 Å². The van der Waals surface area contributed by atoms with Gasteiger partial charge in [-0.05, 0) is 111 Å². The number of aromatic nitrogens is 2. The predicted molar refractivity (Wildman–Crippen MR) is 229 cm³/mol. The van der Waals surface area contributed by atoms with Crippen LogP contribution in [0.25, 0.3) is 11.0 Å². The van der Waals surface area contributed by atoms with Crippen molar-refractivity contribution in [1.29, 1.82) is 0 Å². The van der Waals surface area contributed by atoms with Gasteiger partial charge >= 0.3 is 0 Å². The third kappa shape index (κ3) is 7.79. The third-order valence-corrected chi connectivity index (χ3v) is 13.3. The molecule has 2 fully saturated rings. The molecular formula is C49H55FN4O5. The average Bonchev–Trinajstić information content (AvgIpc) is 3.61. The van der Waals surface area contributed by atoms with Crippen LogP contribution in [0, 0.1) is 11.2 Å². The molecule has 0 bridgehead atoms. The average molecular weight is 799 g/mol. The normalized spacial score (nSPS) is 19.4. The van der Waals surface area contributed by atoms with Crippen LogP contribution in [0.15, 0.2) is 84.7 Å². The molecule has 59 heavy (non-hydrogen) atoms. The first-order chi connectivity index (χ1) is 28.7. The largest absolute Gasteiger partial charge is 0.493 e. The molecule has 9 rings (SSSR count). The summed E-state index contributed by atoms with van der Waals surface area (Å²) in [5.41, 5.74) is 7.26. The first kappa shape index (κ1) is 39.1. The van der Waals surface area contributed by atoms with Gasteiger partial charge in [0.25, 0.3) is 0 Å². The van der Waals surface area contributed by atoms with Gasteiger partial charge in [0.15, 0.2) is 17.3 Å². The molecule has 10 heteroatoms. The standard InChI is InChI=1S/C49H55FN4O5/c1-31(2)38-9-5-6-10-39(38)42-24-33(11-12-34-13-14-44(56-4)47-46(34)57-22-23-58-47)8-7-19-54(42)36-28-49(29-36)16-20-53(21-17-49)43-27-45(40(32(3)55)26-41(43)50)59-37-25-35-15-18-51-48(35)52-30-37/h5-6,8-10,13-15,18,25-27,30-31,36,42H,7,11-12,16-17,19-24,28-29H2,1-4H3,(H,51,52)/t42-/m0/s1. The summed E-state index contributed by atoms with van der Waals surface area (Å²) in [5, 5.41) is 0.899. The van der Waals surface area contributed by atoms with Gasteiger partial charge in [0.05, 0.1) is 24.6 Å². The lowest BCUT2D eigenvalue weighted by molar-refractivity contribution is -0.0348. The van der Waals surface area contributed by atoms with Crippen LogP contribution in [0.3, 0.4) is 0 Å². The van der Waals surface area contributed by atoms with Gasteiger partial charge in [-0.3, -0.25) is 9.69 Å². The van der Waals surface area contributed by atoms with Crippen molar-refractivity contribution in [2.24, 2.45) is 5.41 Å². The van der Waals surface area contributed by atoms with Crippen LogP contribution in [0.1, 0.15) is 105 Å². The number of carbonyl (C=O) groups is 1. The zero-order valence-corrected chi connectivity index (χ0v) is 34.7. The molecule has 1 N–H and O–H groups in total. The summed E-state index contributed by atoms with van der Waals surface area (Å²) in [6.07, 6.45) is 14.2. The molecule has 2 aromatic heterocycles. The first-order valence-corrected chi connectivity index (χ1v) is 21.4. The number of fused-ring (bicyclic) bond motifs is 2. The van der Waals surface area contributed by atoms with Crippen molar-refractivity contribution in [3.05, 3.63) is 113 Å². The number of ether oxygens (including phenoxy) is 4. The molecule has 9 nitrogen and oxygen atoms in total. The maximum absolute atomic E-state index is 15.8. The minimum Gasteiger partial charge on any atom is -0.493 e. The molecule has 4 aliphatic rings. The summed E-state index contributed by atoms with van der Waals surface area (Å²) < 4.78 is 39.7. The van der Waals surface area contributed by atoms with E-state index in [4.69, 9.17) is 18.9 Å². The number of pyridine rings is 1. The van der Waals surface area contributed by atoms with Crippen molar-refractivity contribution in [2.45, 2.75) is 90.1 Å². The van der Waals surface area contributed by atoms with Crippen molar-refractivity contribution in [1.82, 2.24) is 14.9 Å². The number of Topliss-reactive ketones (excluding diaryl/α,β-unsaturated/α-hetero) is 1. The zero-order chi connectivity index (χ0) is 40.7. The second-order valence-electron chi connectivity index (χ2n) is 17.3. The molecular weight excluding hydrogens is 744 g/mol. The fourth-order valence-corrected chi connectivity index (χ4v) is 10.2. The van der Waals surface area contributed by atoms with Crippen LogP contribution in [-0.4, -0.2) is 66.7 Å². The van der Waals surface area contributed by atoms with Crippen molar-refractivity contribution in [3.63, 3.8) is 0 Å². The van der Waals surface area contributed by atoms with Gasteiger partial charge in [-0.1, -0.05) is 55.8 Å². The Kier molecular flexibility index (Phi) is 10.9. The highest BCUT2D eigenvalue weighted by Crippen LogP contribution is 2.54. The monoisotopic (exact) mass is 798 g/mol. The van der Waals surface area contributed by atoms with Crippen LogP contribution < -0.4 is 23.8 Å². The number of aromatic amines is 1. The molecule has 5 aromatic rings. The number of benzene rings is 3. The molecule has 0 amide bonds. The van der Waals surface area contributed by atoms with Gasteiger partial charge in [0.2, 0.25) is 5.75 Å². The Balaban J connectivity index is 0.896. The highest BCUT2D eigenvalue weighted by Gasteiger charge is 2.49. The van der Waals surface area contributed by atoms with Crippen molar-refractivity contribution < 1.29 is 28.1 Å². The molecule has 0 unspecified atom stereocenters. The molecule has 308 valence electrons. The summed E-state index contributed by atoms with van der Waals surface area (Å²) in [6.45, 7) is 9.69. The number of hydrogen-bond donors (Lipinski definition) is 1. The number of ketones is 1. The molecule has 1 spiro atoms. The second kappa shape index (κ2) is 16.4. The van der Waals surface area contributed by atoms with E-state index in [1.165, 1.54) is 35.3 Å². The van der Waals surface area contributed by atoms with E-state index in [-0.39, 0.29) is 16.8 Å². The smallest absolute Gasteiger partial charge is 0.203 e. The lowest BCUT2D eigenvalue weighted by atomic mass is 9.59. The quantitative estimate of drug-likeness (QED) is 0.104. The number of aryl methyl sites for hydroxylation is 1. The number of carbonyl (C=O) groups excluding carboxylic acids is 1. The maximum Gasteiger partial charge on any atom is 0.203 e. The fraction of sp³-hybridized carbons (Fsp3) is 0.429. The summed E-state index contributed by atoms with van der Waals surface area (Å²) in [7, 11) is 1.67. The number of methoxy groups -OCH3 is 1. The fourth-order valence-electron chi connectivity index (χ4n) is 10.2. The van der Waals surface area contributed by atoms with E-state index >= 15 is 4.39 Å². The first-order valence-electron chi connectivity index (χ1n) is 21.4. The number of hydrogen-bond acceptors (Lipinski definition) is 8. The Morgan fingerprint density at radius 3 is 2.56 bits per heavy atom. The lowest BCUT2D eigenvalue weighted by Crippen LogP contribution is -2.56. The minimum absolute atomic E-state index is 0.225. The number of halogens is 1. The van der Waals surface area contributed by atoms with E-state index in [1.54, 1.807) is 19.4 Å². The van der Waals surface area contributed by atoms with E-state index < -0.39 is 5.82 Å². The predicted octanol–water partition coefficient (Wildman–Crippen LogP) is 10.7. The molecule has 1 saturated carbocycles. The van der Waals surface area contributed by atoms with E-state index in [0.717, 1.165) is 99.3 Å². The van der Waals surface area contributed by atoms with Gasteiger partial charge in [-0.15, -0.1) is 0 Å². The minimum atomic E-state index is -0.392. The molecule has 1 atom stereocenters. The second-order valence-corrected chi connectivity index (χ2v) is 17.3. The SMILES string of the molecule is COc1ccc(CCC2=CCCN(C3CC4(CCN(c5cc(Oc6cnc7[nH]ccc7c6)c(C(C)=O)cc5F)CC4)C3)[C@H](c3ccccc3C(C)C)C2)c2c1OCCO2. The van der Waals surface area contributed by atoms with E-state index in [0.29, 0.717) is 48.4 Å². The molecule has 5 heterocycles. The van der Waals surface area contributed by atoms with E-state index in [2.05, 4.69) is 70.0 Å². The van der Waals surface area contributed by atoms with Crippen molar-refractivity contribution >= 4 is 22.5 Å². The van der Waals surface area contributed by atoms with Crippen LogP contribution in [0.4, 0.5) is 10.1 Å². The highest BCUT2D eigenvalue weighted by atomic mass is 19.1. The third-order valence-electron chi connectivity index (χ3n) is 13.3. The number of rotatable bonds is 11. The Hall–Kier alpha value is -5.35. The van der Waals surface area contributed by atoms with Crippen LogP contribution in [0.5, 0.6) is 28.7 Å². The van der Waals surface area contributed by atoms with Gasteiger partial charge in [0.1, 0.15) is 36.2 Å². The molecule has 1 aliphatic carbocycles. The number of nitrogens with zero attached hydrogens (tertiary/aromatic N) is 3. The Bertz CT molecular complexity index is 2370. The zero-order valence-electron chi connectivity index (χ0n) is 34.7. The molecule has 3 aliphatic heterocycles. The lowest BCUT2D eigenvalue weighted by Gasteiger charge is -2.57. The number of piperidine rings is 1. The van der Waals surface area contributed by atoms with E-state index in [1.807, 2.05) is 24.4 Å².